The Kier molecular flexibility index (Phi) is 9.45. The molecule has 0 amide bonds. The maximum absolute atomic E-state index is 6.01. The first-order chi connectivity index (χ1) is 10.9. The molecule has 5 nitrogen and oxygen atoms in total. The molecule has 3 rings (SSSR count). The fourth-order valence-corrected chi connectivity index (χ4v) is 2.59. The molecule has 2 aromatic rings. The number of anilines is 1. The van der Waals surface area contributed by atoms with Gasteiger partial charge in [0.2, 0.25) is 5.95 Å². The summed E-state index contributed by atoms with van der Waals surface area (Å²) in [5.41, 5.74) is 1.32. The van der Waals surface area contributed by atoms with Crippen molar-refractivity contribution in [1.29, 1.82) is 0 Å². The van der Waals surface area contributed by atoms with Crippen molar-refractivity contribution in [3.63, 3.8) is 0 Å². The van der Waals surface area contributed by atoms with Crippen molar-refractivity contribution in [2.75, 3.05) is 25.0 Å². The van der Waals surface area contributed by atoms with E-state index in [-0.39, 0.29) is 30.9 Å². The normalized spacial score (nSPS) is 15.2. The van der Waals surface area contributed by atoms with E-state index in [2.05, 4.69) is 38.8 Å². The monoisotopic (exact) mass is 370 g/mol. The number of nitrogens with one attached hydrogen (secondary N) is 2. The lowest BCUT2D eigenvalue weighted by atomic mass is 10.0. The molecule has 0 aliphatic carbocycles. The fourth-order valence-electron chi connectivity index (χ4n) is 2.59. The number of aryl methyl sites for hydroxylation is 1. The summed E-state index contributed by atoms with van der Waals surface area (Å²) < 4.78 is 6.01. The van der Waals surface area contributed by atoms with E-state index in [1.807, 2.05) is 12.1 Å². The molecule has 24 heavy (non-hydrogen) atoms. The Morgan fingerprint density at radius 3 is 2.67 bits per heavy atom. The minimum absolute atomic E-state index is 0. The summed E-state index contributed by atoms with van der Waals surface area (Å²) in [6.45, 7) is 2.73. The van der Waals surface area contributed by atoms with Crippen LogP contribution in [0, 0.1) is 0 Å². The van der Waals surface area contributed by atoms with Gasteiger partial charge in [0.05, 0.1) is 0 Å². The number of hydrogen-bond donors (Lipinski definition) is 2. The molecule has 7 heteroatoms. The van der Waals surface area contributed by atoms with Gasteiger partial charge in [0.1, 0.15) is 11.9 Å². The second kappa shape index (κ2) is 11.1. The molecule has 0 bridgehead atoms. The van der Waals surface area contributed by atoms with E-state index in [1.165, 1.54) is 5.56 Å². The second-order valence-electron chi connectivity index (χ2n) is 5.44. The zero-order chi connectivity index (χ0) is 15.0. The van der Waals surface area contributed by atoms with Crippen LogP contribution >= 0.6 is 24.8 Å². The summed E-state index contributed by atoms with van der Waals surface area (Å²) in [4.78, 5) is 8.26. The Morgan fingerprint density at radius 1 is 1.04 bits per heavy atom. The van der Waals surface area contributed by atoms with Crippen molar-refractivity contribution in [2.45, 2.75) is 25.4 Å². The quantitative estimate of drug-likeness (QED) is 0.733. The van der Waals surface area contributed by atoms with Crippen LogP contribution in [0.15, 0.2) is 42.7 Å². The molecule has 132 valence electrons. The molecular formula is C17H24Cl2N4O. The standard InChI is InChI=1S/C17H22N4O.2ClH/c1-2-6-16-14(5-1)7-8-15(22-16)13-18-9-3-10-19-17-20-11-4-12-21-17;;/h1-2,4-6,11-12,15,18H,3,7-10,13H2,(H,19,20,21);2*1H/t15-;;/m1../s1. The van der Waals surface area contributed by atoms with Gasteiger partial charge in [0, 0.05) is 25.5 Å². The molecule has 0 unspecified atom stereocenters. The van der Waals surface area contributed by atoms with Crippen LogP contribution in [0.25, 0.3) is 0 Å². The molecule has 1 aromatic heterocycles. The number of hydrogen-bond acceptors (Lipinski definition) is 5. The predicted octanol–water partition coefficient (Wildman–Crippen LogP) is 3.11. The lowest BCUT2D eigenvalue weighted by Gasteiger charge is -2.26. The topological polar surface area (TPSA) is 59.1 Å². The SMILES string of the molecule is Cl.Cl.c1cnc(NCCCNC[C@H]2CCc3ccccc3O2)nc1. The van der Waals surface area contributed by atoms with Gasteiger partial charge in [0.25, 0.3) is 0 Å². The van der Waals surface area contributed by atoms with E-state index in [0.717, 1.165) is 44.6 Å². The van der Waals surface area contributed by atoms with Crippen LogP contribution in [0.3, 0.4) is 0 Å². The van der Waals surface area contributed by atoms with Crippen molar-refractivity contribution in [3.05, 3.63) is 48.3 Å². The highest BCUT2D eigenvalue weighted by Gasteiger charge is 2.18. The van der Waals surface area contributed by atoms with Gasteiger partial charge in [0.15, 0.2) is 0 Å². The zero-order valence-corrected chi connectivity index (χ0v) is 15.1. The lowest BCUT2D eigenvalue weighted by molar-refractivity contribution is 0.171. The predicted molar refractivity (Wildman–Crippen MR) is 102 cm³/mol. The van der Waals surface area contributed by atoms with Crippen LogP contribution in [0.2, 0.25) is 0 Å². The number of fused-ring (bicyclic) bond motifs is 1. The van der Waals surface area contributed by atoms with E-state index in [0.29, 0.717) is 5.95 Å². The molecule has 1 aromatic carbocycles. The Hall–Kier alpha value is -1.56. The molecule has 2 heterocycles. The number of rotatable bonds is 7. The minimum Gasteiger partial charge on any atom is -0.489 e. The molecule has 0 radical (unpaired) electrons. The number of ether oxygens (including phenoxy) is 1. The first kappa shape index (κ1) is 20.5. The molecule has 2 N–H and O–H groups in total. The van der Waals surface area contributed by atoms with Crippen molar-refractivity contribution in [2.24, 2.45) is 0 Å². The summed E-state index contributed by atoms with van der Waals surface area (Å²) in [5.74, 6) is 1.73. The van der Waals surface area contributed by atoms with Gasteiger partial charge in [-0.1, -0.05) is 18.2 Å². The fraction of sp³-hybridized carbons (Fsp3) is 0.412. The highest BCUT2D eigenvalue weighted by Crippen LogP contribution is 2.26. The second-order valence-corrected chi connectivity index (χ2v) is 5.44. The number of aromatic nitrogens is 2. The van der Waals surface area contributed by atoms with Gasteiger partial charge >= 0.3 is 0 Å². The van der Waals surface area contributed by atoms with Gasteiger partial charge in [-0.15, -0.1) is 24.8 Å². The Morgan fingerprint density at radius 2 is 1.83 bits per heavy atom. The van der Waals surface area contributed by atoms with Crippen LogP contribution in [-0.4, -0.2) is 35.7 Å². The third-order valence-electron chi connectivity index (χ3n) is 3.75. The van der Waals surface area contributed by atoms with Gasteiger partial charge in [-0.05, 0) is 43.5 Å². The van der Waals surface area contributed by atoms with Gasteiger partial charge in [-0.3, -0.25) is 0 Å². The average Bonchev–Trinajstić information content (AvgIpc) is 2.59. The maximum atomic E-state index is 6.01. The highest BCUT2D eigenvalue weighted by molar-refractivity contribution is 5.85. The molecule has 1 atom stereocenters. The van der Waals surface area contributed by atoms with E-state index in [9.17, 15) is 0 Å². The van der Waals surface area contributed by atoms with Crippen LogP contribution in [-0.2, 0) is 6.42 Å². The molecule has 0 fully saturated rings. The average molecular weight is 371 g/mol. The van der Waals surface area contributed by atoms with Crippen molar-refractivity contribution in [3.8, 4) is 5.75 Å². The van der Waals surface area contributed by atoms with Crippen LogP contribution in [0.5, 0.6) is 5.75 Å². The Balaban J connectivity index is 0.00000144. The molecular weight excluding hydrogens is 347 g/mol. The van der Waals surface area contributed by atoms with E-state index >= 15 is 0 Å². The molecule has 0 saturated heterocycles. The van der Waals surface area contributed by atoms with Gasteiger partial charge < -0.3 is 15.4 Å². The Labute approximate surface area is 155 Å². The molecule has 1 aliphatic heterocycles. The number of para-hydroxylation sites is 1. The van der Waals surface area contributed by atoms with Gasteiger partial charge in [-0.2, -0.15) is 0 Å². The summed E-state index contributed by atoms with van der Waals surface area (Å²) in [6.07, 6.45) is 6.98. The van der Waals surface area contributed by atoms with Crippen LogP contribution in [0.1, 0.15) is 18.4 Å². The lowest BCUT2D eigenvalue weighted by Crippen LogP contribution is -2.35. The highest BCUT2D eigenvalue weighted by atomic mass is 35.5. The number of halogens is 2. The maximum Gasteiger partial charge on any atom is 0.222 e. The van der Waals surface area contributed by atoms with Gasteiger partial charge in [-0.25, -0.2) is 9.97 Å². The van der Waals surface area contributed by atoms with Crippen molar-refractivity contribution in [1.82, 2.24) is 15.3 Å². The summed E-state index contributed by atoms with van der Waals surface area (Å²) in [6, 6.07) is 10.1. The summed E-state index contributed by atoms with van der Waals surface area (Å²) in [5, 5.41) is 6.67. The largest absolute Gasteiger partial charge is 0.489 e. The summed E-state index contributed by atoms with van der Waals surface area (Å²) >= 11 is 0. The number of nitrogens with zero attached hydrogens (tertiary/aromatic N) is 2. The smallest absolute Gasteiger partial charge is 0.222 e. The Bertz CT molecular complexity index is 586. The summed E-state index contributed by atoms with van der Waals surface area (Å²) in [7, 11) is 0. The third kappa shape index (κ3) is 6.15. The van der Waals surface area contributed by atoms with Crippen molar-refractivity contribution >= 4 is 30.8 Å². The zero-order valence-electron chi connectivity index (χ0n) is 13.5. The van der Waals surface area contributed by atoms with Crippen LogP contribution in [0.4, 0.5) is 5.95 Å². The van der Waals surface area contributed by atoms with E-state index in [1.54, 1.807) is 12.4 Å². The van der Waals surface area contributed by atoms with Crippen LogP contribution < -0.4 is 15.4 Å². The molecule has 1 aliphatic rings. The first-order valence-corrected chi connectivity index (χ1v) is 7.88. The third-order valence-corrected chi connectivity index (χ3v) is 3.75. The molecule has 0 saturated carbocycles. The minimum atomic E-state index is 0. The molecule has 0 spiro atoms. The first-order valence-electron chi connectivity index (χ1n) is 7.88. The number of benzene rings is 1. The van der Waals surface area contributed by atoms with E-state index in [4.69, 9.17) is 4.74 Å². The van der Waals surface area contributed by atoms with Crippen molar-refractivity contribution < 1.29 is 4.74 Å². The van der Waals surface area contributed by atoms with E-state index < -0.39 is 0 Å².